The summed E-state index contributed by atoms with van der Waals surface area (Å²) in [5, 5.41) is 6.39. The van der Waals surface area contributed by atoms with Crippen molar-refractivity contribution in [2.24, 2.45) is 0 Å². The zero-order valence-corrected chi connectivity index (χ0v) is 9.80. The molecule has 1 atom stereocenters. The Kier molecular flexibility index (Phi) is 3.94. The van der Waals surface area contributed by atoms with Crippen LogP contribution in [-0.2, 0) is 4.74 Å². The first-order valence-corrected chi connectivity index (χ1v) is 6.18. The van der Waals surface area contributed by atoms with E-state index in [1.807, 2.05) is 11.6 Å². The first kappa shape index (κ1) is 10.9. The van der Waals surface area contributed by atoms with Gasteiger partial charge in [-0.15, -0.1) is 11.3 Å². The van der Waals surface area contributed by atoms with E-state index in [2.05, 4.69) is 22.1 Å². The highest BCUT2D eigenvalue weighted by molar-refractivity contribution is 7.13. The molecule has 0 amide bonds. The largest absolute Gasteiger partial charge is 0.379 e. The molecule has 1 aliphatic rings. The van der Waals surface area contributed by atoms with Crippen LogP contribution in [0.2, 0.25) is 0 Å². The van der Waals surface area contributed by atoms with E-state index in [-0.39, 0.29) is 0 Å². The fourth-order valence-corrected chi connectivity index (χ4v) is 2.36. The number of ether oxygens (including phenoxy) is 1. The van der Waals surface area contributed by atoms with Crippen molar-refractivity contribution in [1.29, 1.82) is 0 Å². The molecule has 1 N–H and O–H groups in total. The lowest BCUT2D eigenvalue weighted by Gasteiger charge is -2.29. The summed E-state index contributed by atoms with van der Waals surface area (Å²) >= 11 is 1.65. The summed E-state index contributed by atoms with van der Waals surface area (Å²) in [5.74, 6) is 0. The van der Waals surface area contributed by atoms with Crippen LogP contribution in [-0.4, -0.2) is 48.8 Å². The Morgan fingerprint density at radius 1 is 1.60 bits per heavy atom. The van der Waals surface area contributed by atoms with Gasteiger partial charge in [0.2, 0.25) is 0 Å². The molecule has 1 aliphatic heterocycles. The molecule has 0 radical (unpaired) electrons. The summed E-state index contributed by atoms with van der Waals surface area (Å²) in [6, 6.07) is 0.439. The average molecular weight is 227 g/mol. The van der Waals surface area contributed by atoms with Gasteiger partial charge in [0, 0.05) is 37.3 Å². The minimum absolute atomic E-state index is 0.439. The molecule has 5 heteroatoms. The van der Waals surface area contributed by atoms with Gasteiger partial charge in [-0.1, -0.05) is 0 Å². The number of morpholine rings is 1. The van der Waals surface area contributed by atoms with Crippen molar-refractivity contribution in [3.8, 4) is 0 Å². The van der Waals surface area contributed by atoms with Crippen molar-refractivity contribution >= 4 is 16.5 Å². The maximum absolute atomic E-state index is 5.31. The van der Waals surface area contributed by atoms with Gasteiger partial charge in [0.25, 0.3) is 0 Å². The number of thiazole rings is 1. The highest BCUT2D eigenvalue weighted by Crippen LogP contribution is 2.12. The smallest absolute Gasteiger partial charge is 0.182 e. The molecule has 0 aromatic carbocycles. The van der Waals surface area contributed by atoms with E-state index < -0.39 is 0 Å². The van der Waals surface area contributed by atoms with Gasteiger partial charge in [-0.25, -0.2) is 4.98 Å². The van der Waals surface area contributed by atoms with Gasteiger partial charge in [0.05, 0.1) is 13.2 Å². The van der Waals surface area contributed by atoms with Gasteiger partial charge in [0.1, 0.15) is 0 Å². The zero-order chi connectivity index (χ0) is 10.5. The van der Waals surface area contributed by atoms with Gasteiger partial charge in [0.15, 0.2) is 5.13 Å². The lowest BCUT2D eigenvalue weighted by Crippen LogP contribution is -2.42. The number of aromatic nitrogens is 1. The second-order valence-electron chi connectivity index (χ2n) is 3.80. The molecule has 1 saturated heterocycles. The SMILES string of the molecule is CC(CN1CCOCC1)Nc1nccs1. The molecule has 0 spiro atoms. The third-order valence-electron chi connectivity index (χ3n) is 2.44. The Bertz CT molecular complexity index is 272. The molecule has 2 heterocycles. The Hall–Kier alpha value is -0.650. The molecule has 1 unspecified atom stereocenters. The molecule has 84 valence electrons. The molecular formula is C10H17N3OS. The molecule has 0 aliphatic carbocycles. The van der Waals surface area contributed by atoms with E-state index in [4.69, 9.17) is 4.74 Å². The summed E-state index contributed by atoms with van der Waals surface area (Å²) in [7, 11) is 0. The molecule has 0 saturated carbocycles. The number of nitrogens with one attached hydrogen (secondary N) is 1. The van der Waals surface area contributed by atoms with E-state index in [1.165, 1.54) is 0 Å². The quantitative estimate of drug-likeness (QED) is 0.840. The maximum atomic E-state index is 5.31. The van der Waals surface area contributed by atoms with Crippen molar-refractivity contribution in [3.63, 3.8) is 0 Å². The van der Waals surface area contributed by atoms with E-state index in [0.717, 1.165) is 38.0 Å². The van der Waals surface area contributed by atoms with Gasteiger partial charge in [-0.2, -0.15) is 0 Å². The molecule has 1 fully saturated rings. The Morgan fingerprint density at radius 2 is 2.40 bits per heavy atom. The first-order valence-electron chi connectivity index (χ1n) is 5.31. The van der Waals surface area contributed by atoms with Crippen LogP contribution in [0.3, 0.4) is 0 Å². The standard InChI is InChI=1S/C10H17N3OS/c1-9(12-10-11-2-7-15-10)8-13-3-5-14-6-4-13/h2,7,9H,3-6,8H2,1H3,(H,11,12). The highest BCUT2D eigenvalue weighted by Gasteiger charge is 2.13. The summed E-state index contributed by atoms with van der Waals surface area (Å²) in [5.41, 5.74) is 0. The lowest BCUT2D eigenvalue weighted by molar-refractivity contribution is 0.0368. The van der Waals surface area contributed by atoms with Gasteiger partial charge >= 0.3 is 0 Å². The second-order valence-corrected chi connectivity index (χ2v) is 4.69. The van der Waals surface area contributed by atoms with E-state index in [1.54, 1.807) is 11.3 Å². The van der Waals surface area contributed by atoms with Crippen molar-refractivity contribution in [1.82, 2.24) is 9.88 Å². The molecule has 2 rings (SSSR count). The Morgan fingerprint density at radius 3 is 3.07 bits per heavy atom. The minimum atomic E-state index is 0.439. The van der Waals surface area contributed by atoms with E-state index in [9.17, 15) is 0 Å². The monoisotopic (exact) mass is 227 g/mol. The topological polar surface area (TPSA) is 37.4 Å². The number of nitrogens with zero attached hydrogens (tertiary/aromatic N) is 2. The third-order valence-corrected chi connectivity index (χ3v) is 3.14. The molecule has 1 aromatic heterocycles. The second kappa shape index (κ2) is 5.44. The molecule has 1 aromatic rings. The van der Waals surface area contributed by atoms with Gasteiger partial charge in [-0.3, -0.25) is 4.90 Å². The van der Waals surface area contributed by atoms with Crippen LogP contribution in [0.25, 0.3) is 0 Å². The summed E-state index contributed by atoms with van der Waals surface area (Å²) in [4.78, 5) is 6.64. The molecule has 15 heavy (non-hydrogen) atoms. The number of anilines is 1. The Balaban J connectivity index is 1.74. The first-order chi connectivity index (χ1) is 7.34. The van der Waals surface area contributed by atoms with E-state index in [0.29, 0.717) is 6.04 Å². The predicted molar refractivity (Wildman–Crippen MR) is 62.5 cm³/mol. The lowest BCUT2D eigenvalue weighted by atomic mass is 10.3. The van der Waals surface area contributed by atoms with Crippen LogP contribution in [0.1, 0.15) is 6.92 Å². The average Bonchev–Trinajstić information content (AvgIpc) is 2.71. The van der Waals surface area contributed by atoms with Crippen LogP contribution in [0.4, 0.5) is 5.13 Å². The fraction of sp³-hybridized carbons (Fsp3) is 0.700. The van der Waals surface area contributed by atoms with Gasteiger partial charge < -0.3 is 10.1 Å². The van der Waals surface area contributed by atoms with Crippen LogP contribution >= 0.6 is 11.3 Å². The number of hydrogen-bond acceptors (Lipinski definition) is 5. The fourth-order valence-electron chi connectivity index (χ4n) is 1.72. The molecule has 0 bridgehead atoms. The summed E-state index contributed by atoms with van der Waals surface area (Å²) < 4.78 is 5.31. The maximum Gasteiger partial charge on any atom is 0.182 e. The van der Waals surface area contributed by atoms with Crippen molar-refractivity contribution in [2.45, 2.75) is 13.0 Å². The minimum Gasteiger partial charge on any atom is -0.379 e. The van der Waals surface area contributed by atoms with Crippen LogP contribution in [0.15, 0.2) is 11.6 Å². The van der Waals surface area contributed by atoms with Crippen LogP contribution in [0, 0.1) is 0 Å². The molecular weight excluding hydrogens is 210 g/mol. The van der Waals surface area contributed by atoms with E-state index >= 15 is 0 Å². The summed E-state index contributed by atoms with van der Waals surface area (Å²) in [6.45, 7) is 7.07. The van der Waals surface area contributed by atoms with Gasteiger partial charge in [-0.05, 0) is 6.92 Å². The van der Waals surface area contributed by atoms with Crippen LogP contribution in [0.5, 0.6) is 0 Å². The predicted octanol–water partition coefficient (Wildman–Crippen LogP) is 1.28. The summed E-state index contributed by atoms with van der Waals surface area (Å²) in [6.07, 6.45) is 1.83. The van der Waals surface area contributed by atoms with Crippen molar-refractivity contribution in [3.05, 3.63) is 11.6 Å². The zero-order valence-electron chi connectivity index (χ0n) is 8.98. The Labute approximate surface area is 94.3 Å². The normalized spacial score (nSPS) is 20.1. The van der Waals surface area contributed by atoms with Crippen molar-refractivity contribution in [2.75, 3.05) is 38.2 Å². The highest BCUT2D eigenvalue weighted by atomic mass is 32.1. The number of hydrogen-bond donors (Lipinski definition) is 1. The number of rotatable bonds is 4. The third kappa shape index (κ3) is 3.44. The molecule has 4 nitrogen and oxygen atoms in total. The van der Waals surface area contributed by atoms with Crippen molar-refractivity contribution < 1.29 is 4.74 Å². The van der Waals surface area contributed by atoms with Crippen LogP contribution < -0.4 is 5.32 Å².